The Hall–Kier alpha value is -3.25. The largest absolute Gasteiger partial charge is 0.347 e. The van der Waals surface area contributed by atoms with E-state index in [2.05, 4.69) is 15.2 Å². The molecule has 0 saturated carbocycles. The minimum absolute atomic E-state index is 0.0551. The Labute approximate surface area is 190 Å². The van der Waals surface area contributed by atoms with E-state index in [-0.39, 0.29) is 23.7 Å². The van der Waals surface area contributed by atoms with E-state index < -0.39 is 0 Å². The molecule has 1 amide bonds. The lowest BCUT2D eigenvalue weighted by Crippen LogP contribution is -2.44. The Bertz CT molecular complexity index is 1170. The van der Waals surface area contributed by atoms with E-state index in [1.807, 2.05) is 60.7 Å². The fourth-order valence-corrected chi connectivity index (χ4v) is 5.32. The number of piperidine rings is 1. The highest BCUT2D eigenvalue weighted by Gasteiger charge is 2.29. The number of anilines is 1. The van der Waals surface area contributed by atoms with Gasteiger partial charge in [-0.2, -0.15) is 0 Å². The lowest BCUT2D eigenvalue weighted by atomic mass is 9.94. The van der Waals surface area contributed by atoms with Crippen molar-refractivity contribution in [3.05, 3.63) is 95.8 Å². The molecule has 162 valence electrons. The molecule has 6 heteroatoms. The van der Waals surface area contributed by atoms with Gasteiger partial charge in [0.2, 0.25) is 5.91 Å². The average Bonchev–Trinajstić information content (AvgIpc) is 3.27. The second-order valence-electron chi connectivity index (χ2n) is 8.16. The summed E-state index contributed by atoms with van der Waals surface area (Å²) in [6.45, 7) is 1.47. The molecular formula is C26H24FN3OS. The number of amides is 1. The van der Waals surface area contributed by atoms with E-state index in [4.69, 9.17) is 0 Å². The van der Waals surface area contributed by atoms with Crippen LogP contribution in [0.2, 0.25) is 0 Å². The molecule has 1 N–H and O–H groups in total. The molecule has 1 aliphatic rings. The maximum absolute atomic E-state index is 13.6. The summed E-state index contributed by atoms with van der Waals surface area (Å²) in [7, 11) is 0. The number of aromatic nitrogens is 1. The number of nitrogens with one attached hydrogen (secondary N) is 1. The smallest absolute Gasteiger partial charge is 0.225 e. The van der Waals surface area contributed by atoms with Gasteiger partial charge in [0.05, 0.1) is 22.2 Å². The maximum atomic E-state index is 13.6. The Morgan fingerprint density at radius 3 is 2.41 bits per heavy atom. The zero-order valence-corrected chi connectivity index (χ0v) is 18.4. The van der Waals surface area contributed by atoms with Crippen molar-refractivity contribution in [2.75, 3.05) is 18.0 Å². The molecule has 0 spiro atoms. The number of hydrogen-bond donors (Lipinski definition) is 1. The third-order valence-electron chi connectivity index (χ3n) is 5.95. The first-order valence-electron chi connectivity index (χ1n) is 10.9. The second kappa shape index (κ2) is 9.09. The van der Waals surface area contributed by atoms with Gasteiger partial charge in [-0.15, -0.1) is 0 Å². The fraction of sp³-hybridized carbons (Fsp3) is 0.231. The van der Waals surface area contributed by atoms with Crippen LogP contribution < -0.4 is 10.2 Å². The van der Waals surface area contributed by atoms with Crippen LogP contribution in [0.4, 0.5) is 9.52 Å². The number of hydrogen-bond acceptors (Lipinski definition) is 4. The Morgan fingerprint density at radius 1 is 1.03 bits per heavy atom. The van der Waals surface area contributed by atoms with Gasteiger partial charge in [0.25, 0.3) is 0 Å². The van der Waals surface area contributed by atoms with Crippen molar-refractivity contribution >= 4 is 32.6 Å². The minimum atomic E-state index is -0.253. The summed E-state index contributed by atoms with van der Waals surface area (Å²) in [4.78, 5) is 20.2. The molecule has 4 nitrogen and oxygen atoms in total. The highest BCUT2D eigenvalue weighted by molar-refractivity contribution is 7.22. The van der Waals surface area contributed by atoms with Crippen LogP contribution >= 0.6 is 11.3 Å². The van der Waals surface area contributed by atoms with Crippen molar-refractivity contribution in [3.8, 4) is 0 Å². The number of rotatable bonds is 5. The molecule has 0 radical (unpaired) electrons. The van der Waals surface area contributed by atoms with Crippen molar-refractivity contribution in [2.24, 2.45) is 5.92 Å². The van der Waals surface area contributed by atoms with Crippen LogP contribution in [0.25, 0.3) is 10.2 Å². The van der Waals surface area contributed by atoms with Gasteiger partial charge in [-0.05, 0) is 42.2 Å². The van der Waals surface area contributed by atoms with Gasteiger partial charge in [-0.1, -0.05) is 72.0 Å². The SMILES string of the molecule is O=C(NC(c1ccccc1)c1ccccc1)C1CCCN(c2nc3ccc(F)cc3s2)C1. The van der Waals surface area contributed by atoms with Gasteiger partial charge in [0.15, 0.2) is 5.13 Å². The van der Waals surface area contributed by atoms with Crippen molar-refractivity contribution in [1.82, 2.24) is 10.3 Å². The molecule has 1 unspecified atom stereocenters. The summed E-state index contributed by atoms with van der Waals surface area (Å²) in [6.07, 6.45) is 1.77. The number of nitrogens with zero attached hydrogens (tertiary/aromatic N) is 2. The summed E-state index contributed by atoms with van der Waals surface area (Å²) < 4.78 is 14.4. The number of carbonyl (C=O) groups excluding carboxylic acids is 1. The van der Waals surface area contributed by atoms with Crippen molar-refractivity contribution in [2.45, 2.75) is 18.9 Å². The predicted molar refractivity (Wildman–Crippen MR) is 127 cm³/mol. The summed E-state index contributed by atoms with van der Waals surface area (Å²) in [5.74, 6) is -0.321. The monoisotopic (exact) mass is 445 g/mol. The van der Waals surface area contributed by atoms with Crippen molar-refractivity contribution in [1.29, 1.82) is 0 Å². The van der Waals surface area contributed by atoms with E-state index in [1.54, 1.807) is 6.07 Å². The van der Waals surface area contributed by atoms with Gasteiger partial charge >= 0.3 is 0 Å². The Balaban J connectivity index is 1.34. The Kier molecular flexibility index (Phi) is 5.86. The molecule has 1 atom stereocenters. The lowest BCUT2D eigenvalue weighted by Gasteiger charge is -2.33. The topological polar surface area (TPSA) is 45.2 Å². The molecule has 1 fully saturated rings. The zero-order chi connectivity index (χ0) is 21.9. The molecule has 1 saturated heterocycles. The van der Waals surface area contributed by atoms with Crippen LogP contribution in [-0.4, -0.2) is 24.0 Å². The number of thiazole rings is 1. The quantitative estimate of drug-likeness (QED) is 0.438. The average molecular weight is 446 g/mol. The third-order valence-corrected chi connectivity index (χ3v) is 7.03. The van der Waals surface area contributed by atoms with Crippen molar-refractivity contribution < 1.29 is 9.18 Å². The van der Waals surface area contributed by atoms with Crippen molar-refractivity contribution in [3.63, 3.8) is 0 Å². The minimum Gasteiger partial charge on any atom is -0.347 e. The van der Waals surface area contributed by atoms with E-state index in [9.17, 15) is 9.18 Å². The fourth-order valence-electron chi connectivity index (χ4n) is 4.30. The summed E-state index contributed by atoms with van der Waals surface area (Å²) >= 11 is 1.48. The van der Waals surface area contributed by atoms with Crippen LogP contribution in [0.15, 0.2) is 78.9 Å². The molecule has 5 rings (SSSR count). The van der Waals surface area contributed by atoms with E-state index >= 15 is 0 Å². The van der Waals surface area contributed by atoms with Crippen LogP contribution in [0.5, 0.6) is 0 Å². The number of halogens is 1. The van der Waals surface area contributed by atoms with Gasteiger partial charge in [0.1, 0.15) is 5.82 Å². The number of benzene rings is 3. The normalized spacial score (nSPS) is 16.4. The molecule has 1 aliphatic heterocycles. The first-order valence-corrected chi connectivity index (χ1v) is 11.7. The molecule has 32 heavy (non-hydrogen) atoms. The van der Waals surface area contributed by atoms with E-state index in [0.29, 0.717) is 6.54 Å². The van der Waals surface area contributed by atoms with E-state index in [0.717, 1.165) is 45.9 Å². The highest BCUT2D eigenvalue weighted by Crippen LogP contribution is 2.32. The van der Waals surface area contributed by atoms with Crippen LogP contribution in [-0.2, 0) is 4.79 Å². The summed E-state index contributed by atoms with van der Waals surface area (Å²) in [5.41, 5.74) is 2.92. The Morgan fingerprint density at radius 2 is 1.72 bits per heavy atom. The summed E-state index contributed by atoms with van der Waals surface area (Å²) in [5, 5.41) is 4.15. The molecule has 1 aromatic heterocycles. The van der Waals surface area contributed by atoms with Crippen LogP contribution in [0.3, 0.4) is 0 Å². The lowest BCUT2D eigenvalue weighted by molar-refractivity contribution is -0.125. The van der Waals surface area contributed by atoms with E-state index in [1.165, 1.54) is 23.5 Å². The molecule has 0 aliphatic carbocycles. The molecule has 4 aromatic rings. The van der Waals surface area contributed by atoms with Gasteiger partial charge in [-0.25, -0.2) is 9.37 Å². The molecule has 3 aromatic carbocycles. The third kappa shape index (κ3) is 4.36. The standard InChI is InChI=1S/C26H24FN3OS/c27-21-13-14-22-23(16-21)32-26(28-22)30-15-7-12-20(17-30)25(31)29-24(18-8-3-1-4-9-18)19-10-5-2-6-11-19/h1-6,8-11,13-14,16,20,24H,7,12,15,17H2,(H,29,31). The molecule has 0 bridgehead atoms. The van der Waals surface area contributed by atoms with Crippen LogP contribution in [0, 0.1) is 11.7 Å². The maximum Gasteiger partial charge on any atom is 0.225 e. The summed E-state index contributed by atoms with van der Waals surface area (Å²) in [6, 6.07) is 24.6. The second-order valence-corrected chi connectivity index (χ2v) is 9.17. The van der Waals surface area contributed by atoms with Gasteiger partial charge in [0, 0.05) is 13.1 Å². The number of fused-ring (bicyclic) bond motifs is 1. The molecular weight excluding hydrogens is 421 g/mol. The van der Waals surface area contributed by atoms with Gasteiger partial charge in [-0.3, -0.25) is 4.79 Å². The van der Waals surface area contributed by atoms with Gasteiger partial charge < -0.3 is 10.2 Å². The van der Waals surface area contributed by atoms with Crippen LogP contribution in [0.1, 0.15) is 30.0 Å². The first-order chi connectivity index (χ1) is 15.7. The predicted octanol–water partition coefficient (Wildman–Crippen LogP) is 5.56. The highest BCUT2D eigenvalue weighted by atomic mass is 32.1. The zero-order valence-electron chi connectivity index (χ0n) is 17.6. The first kappa shape index (κ1) is 20.6. The number of carbonyl (C=O) groups is 1. The molecule has 2 heterocycles.